The Kier molecular flexibility index (Phi) is 2.64. The lowest BCUT2D eigenvalue weighted by atomic mass is 10.4. The summed E-state index contributed by atoms with van der Waals surface area (Å²) in [5.41, 5.74) is 0. The molecule has 0 heterocycles. The number of halogens is 1. The maximum atomic E-state index is 8.78. The van der Waals surface area contributed by atoms with Crippen molar-refractivity contribution in [3.63, 3.8) is 0 Å². The van der Waals surface area contributed by atoms with Crippen LogP contribution >= 0.6 is 11.6 Å². The molecule has 6 heteroatoms. The molecule has 0 fully saturated rings. The van der Waals surface area contributed by atoms with Gasteiger partial charge in [-0.2, -0.15) is 0 Å². The molecule has 0 rings (SSSR count). The van der Waals surface area contributed by atoms with E-state index in [2.05, 4.69) is 0 Å². The van der Waals surface area contributed by atoms with Gasteiger partial charge in [-0.05, 0) is 25.7 Å². The molecule has 10 heavy (non-hydrogen) atoms. The third kappa shape index (κ3) is 1.79. The lowest BCUT2D eigenvalue weighted by molar-refractivity contribution is -0.369. The molecule has 0 unspecified atom stereocenters. The van der Waals surface area contributed by atoms with Gasteiger partial charge in [-0.25, -0.2) is 0 Å². The van der Waals surface area contributed by atoms with E-state index in [1.165, 1.54) is 14.1 Å². The van der Waals surface area contributed by atoms with E-state index in [1.54, 1.807) is 0 Å². The molecule has 0 aliphatic carbocycles. The van der Waals surface area contributed by atoms with Crippen molar-refractivity contribution in [1.29, 1.82) is 0 Å². The van der Waals surface area contributed by atoms with Crippen LogP contribution in [0.25, 0.3) is 0 Å². The van der Waals surface area contributed by atoms with Gasteiger partial charge >= 0.3 is 5.25 Å². The lowest BCUT2D eigenvalue weighted by Crippen LogP contribution is -2.59. The molecule has 0 bridgehead atoms. The van der Waals surface area contributed by atoms with Gasteiger partial charge < -0.3 is 20.4 Å². The standard InChI is InChI=1S/C4H10ClNO4/c1-6(2)4(9,10)3(5,7)8/h7-10H,1-2H3. The Bertz CT molecular complexity index is 119. The van der Waals surface area contributed by atoms with E-state index in [1.807, 2.05) is 0 Å². The van der Waals surface area contributed by atoms with Crippen molar-refractivity contribution >= 4 is 11.6 Å². The highest BCUT2D eigenvalue weighted by Gasteiger charge is 2.48. The minimum atomic E-state index is -3.07. The number of likely N-dealkylation sites (N-methyl/N-ethyl adjacent to an activating group) is 1. The first-order valence-electron chi connectivity index (χ1n) is 2.45. The Morgan fingerprint density at radius 1 is 1.10 bits per heavy atom. The quantitative estimate of drug-likeness (QED) is 0.287. The zero-order chi connectivity index (χ0) is 8.58. The minimum Gasteiger partial charge on any atom is -0.348 e. The molecule has 0 atom stereocenters. The van der Waals surface area contributed by atoms with Crippen LogP contribution in [0.15, 0.2) is 0 Å². The van der Waals surface area contributed by atoms with Crippen molar-refractivity contribution < 1.29 is 20.4 Å². The highest BCUT2D eigenvalue weighted by Crippen LogP contribution is 2.22. The highest BCUT2D eigenvalue weighted by molar-refractivity contribution is 6.22. The lowest BCUT2D eigenvalue weighted by Gasteiger charge is -2.34. The fraction of sp³-hybridized carbons (Fsp3) is 1.00. The predicted molar refractivity (Wildman–Crippen MR) is 33.9 cm³/mol. The molecule has 0 aliphatic rings. The minimum absolute atomic E-state index is 0.750. The summed E-state index contributed by atoms with van der Waals surface area (Å²) < 4.78 is 0. The van der Waals surface area contributed by atoms with Gasteiger partial charge in [0.25, 0.3) is 5.91 Å². The SMILES string of the molecule is CN(C)C(O)(O)C(O)(O)Cl. The fourth-order valence-corrected chi connectivity index (χ4v) is 0.454. The summed E-state index contributed by atoms with van der Waals surface area (Å²) in [6.07, 6.45) is 0. The topological polar surface area (TPSA) is 84.2 Å². The van der Waals surface area contributed by atoms with Crippen LogP contribution in [-0.4, -0.2) is 50.6 Å². The Morgan fingerprint density at radius 3 is 1.40 bits per heavy atom. The summed E-state index contributed by atoms with van der Waals surface area (Å²) >= 11 is 4.79. The molecule has 0 aromatic rings. The average molecular weight is 172 g/mol. The monoisotopic (exact) mass is 171 g/mol. The number of hydrogen-bond acceptors (Lipinski definition) is 5. The van der Waals surface area contributed by atoms with Gasteiger partial charge in [0, 0.05) is 0 Å². The second-order valence-electron chi connectivity index (χ2n) is 2.12. The first-order valence-corrected chi connectivity index (χ1v) is 2.83. The first kappa shape index (κ1) is 10.1. The van der Waals surface area contributed by atoms with Gasteiger partial charge in [-0.3, -0.25) is 4.90 Å². The number of nitrogens with zero attached hydrogens (tertiary/aromatic N) is 1. The van der Waals surface area contributed by atoms with Crippen molar-refractivity contribution in [2.45, 2.75) is 11.2 Å². The smallest absolute Gasteiger partial charge is 0.315 e. The second kappa shape index (κ2) is 2.61. The van der Waals surface area contributed by atoms with E-state index in [9.17, 15) is 0 Å². The largest absolute Gasteiger partial charge is 0.348 e. The number of hydrogen-bond donors (Lipinski definition) is 4. The molecular formula is C4H10ClNO4. The molecule has 0 amide bonds. The third-order valence-electron chi connectivity index (χ3n) is 1.05. The Hall–Kier alpha value is 0.0900. The van der Waals surface area contributed by atoms with Gasteiger partial charge in [-0.1, -0.05) is 0 Å². The van der Waals surface area contributed by atoms with Gasteiger partial charge in [-0.15, -0.1) is 0 Å². The van der Waals surface area contributed by atoms with Gasteiger partial charge in [0.1, 0.15) is 0 Å². The van der Waals surface area contributed by atoms with Gasteiger partial charge in [0.2, 0.25) is 0 Å². The average Bonchev–Trinajstić information content (AvgIpc) is 1.62. The summed E-state index contributed by atoms with van der Waals surface area (Å²) in [5.74, 6) is -2.85. The van der Waals surface area contributed by atoms with Crippen molar-refractivity contribution in [2.75, 3.05) is 14.1 Å². The van der Waals surface area contributed by atoms with Crippen molar-refractivity contribution in [1.82, 2.24) is 4.90 Å². The van der Waals surface area contributed by atoms with Crippen LogP contribution in [0.2, 0.25) is 0 Å². The molecule has 0 spiro atoms. The predicted octanol–water partition coefficient (Wildman–Crippen LogP) is -1.94. The molecule has 0 aromatic carbocycles. The number of rotatable bonds is 2. The summed E-state index contributed by atoms with van der Waals surface area (Å²) in [4.78, 5) is 0.750. The van der Waals surface area contributed by atoms with E-state index in [4.69, 9.17) is 32.0 Å². The fourth-order valence-electron chi connectivity index (χ4n) is 0.285. The van der Waals surface area contributed by atoms with Crippen LogP contribution in [0, 0.1) is 0 Å². The van der Waals surface area contributed by atoms with Gasteiger partial charge in [0.05, 0.1) is 0 Å². The van der Waals surface area contributed by atoms with Crippen molar-refractivity contribution in [3.05, 3.63) is 0 Å². The maximum absolute atomic E-state index is 8.78. The Labute approximate surface area is 63.1 Å². The van der Waals surface area contributed by atoms with E-state index < -0.39 is 11.2 Å². The maximum Gasteiger partial charge on any atom is 0.315 e. The molecule has 0 aromatic heterocycles. The summed E-state index contributed by atoms with van der Waals surface area (Å²) in [7, 11) is 2.45. The molecule has 0 radical (unpaired) electrons. The number of alkyl halides is 1. The van der Waals surface area contributed by atoms with Crippen LogP contribution < -0.4 is 0 Å². The second-order valence-corrected chi connectivity index (χ2v) is 2.64. The Balaban J connectivity index is 4.40. The van der Waals surface area contributed by atoms with E-state index >= 15 is 0 Å². The zero-order valence-electron chi connectivity index (χ0n) is 5.61. The molecule has 4 N–H and O–H groups in total. The van der Waals surface area contributed by atoms with Crippen molar-refractivity contribution in [2.24, 2.45) is 0 Å². The van der Waals surface area contributed by atoms with Crippen LogP contribution in [-0.2, 0) is 0 Å². The molecule has 0 aliphatic heterocycles. The van der Waals surface area contributed by atoms with Gasteiger partial charge in [0.15, 0.2) is 0 Å². The molecule has 62 valence electrons. The van der Waals surface area contributed by atoms with E-state index in [-0.39, 0.29) is 0 Å². The van der Waals surface area contributed by atoms with E-state index in [0.717, 1.165) is 4.90 Å². The molecule has 0 saturated carbocycles. The molecular weight excluding hydrogens is 161 g/mol. The number of aliphatic hydroxyl groups is 4. The van der Waals surface area contributed by atoms with Crippen LogP contribution in [0.5, 0.6) is 0 Å². The van der Waals surface area contributed by atoms with Crippen LogP contribution in [0.1, 0.15) is 0 Å². The summed E-state index contributed by atoms with van der Waals surface area (Å²) in [6.45, 7) is 0. The zero-order valence-corrected chi connectivity index (χ0v) is 6.37. The van der Waals surface area contributed by atoms with E-state index in [0.29, 0.717) is 0 Å². The molecule has 5 nitrogen and oxygen atoms in total. The van der Waals surface area contributed by atoms with Crippen LogP contribution in [0.4, 0.5) is 0 Å². The normalized spacial score (nSPS) is 14.4. The summed E-state index contributed by atoms with van der Waals surface area (Å²) in [6, 6.07) is 0. The first-order chi connectivity index (χ1) is 4.19. The van der Waals surface area contributed by atoms with Crippen LogP contribution in [0.3, 0.4) is 0 Å². The summed E-state index contributed by atoms with van der Waals surface area (Å²) in [5, 5.41) is 31.5. The van der Waals surface area contributed by atoms with Crippen molar-refractivity contribution in [3.8, 4) is 0 Å². The third-order valence-corrected chi connectivity index (χ3v) is 1.30. The molecule has 0 saturated heterocycles. The Morgan fingerprint density at radius 2 is 1.40 bits per heavy atom. The highest BCUT2D eigenvalue weighted by atomic mass is 35.5.